The molecule has 1 fully saturated rings. The van der Waals surface area contributed by atoms with E-state index in [0.717, 1.165) is 26.2 Å². The lowest BCUT2D eigenvalue weighted by Gasteiger charge is -2.40. The van der Waals surface area contributed by atoms with Gasteiger partial charge in [-0.1, -0.05) is 74.5 Å². The molecular weight excluding hydrogens is 322 g/mol. The summed E-state index contributed by atoms with van der Waals surface area (Å²) in [6.45, 7) is 7.17. The van der Waals surface area contributed by atoms with Crippen molar-refractivity contribution in [2.45, 2.75) is 25.9 Å². The third kappa shape index (κ3) is 4.14. The van der Waals surface area contributed by atoms with Crippen LogP contribution in [0.4, 0.5) is 0 Å². The Morgan fingerprint density at radius 1 is 0.846 bits per heavy atom. The molecule has 2 N–H and O–H groups in total. The summed E-state index contributed by atoms with van der Waals surface area (Å²) < 4.78 is 0. The predicted molar refractivity (Wildman–Crippen MR) is 106 cm³/mol. The van der Waals surface area contributed by atoms with Gasteiger partial charge in [-0.25, -0.2) is 0 Å². The summed E-state index contributed by atoms with van der Waals surface area (Å²) in [5.41, 5.74) is 8.64. The second-order valence-electron chi connectivity index (χ2n) is 7.35. The monoisotopic (exact) mass is 351 g/mol. The fourth-order valence-corrected chi connectivity index (χ4v) is 3.58. The van der Waals surface area contributed by atoms with Gasteiger partial charge in [-0.05, 0) is 17.0 Å². The Morgan fingerprint density at radius 2 is 1.31 bits per heavy atom. The maximum absolute atomic E-state index is 12.5. The van der Waals surface area contributed by atoms with E-state index in [0.29, 0.717) is 0 Å². The van der Waals surface area contributed by atoms with Crippen LogP contribution < -0.4 is 5.73 Å². The maximum atomic E-state index is 12.5. The molecule has 1 aliphatic heterocycles. The fourth-order valence-electron chi connectivity index (χ4n) is 3.58. The van der Waals surface area contributed by atoms with Gasteiger partial charge in [-0.15, -0.1) is 0 Å². The molecule has 138 valence electrons. The van der Waals surface area contributed by atoms with E-state index in [1.165, 1.54) is 11.1 Å². The molecule has 1 atom stereocenters. The number of nitrogens with two attached hydrogens (primary N) is 1. The van der Waals surface area contributed by atoms with Gasteiger partial charge in [0.2, 0.25) is 5.91 Å². The van der Waals surface area contributed by atoms with Crippen molar-refractivity contribution in [3.8, 4) is 0 Å². The predicted octanol–water partition coefficient (Wildman–Crippen LogP) is 2.90. The van der Waals surface area contributed by atoms with Crippen LogP contribution in [-0.2, 0) is 4.79 Å². The van der Waals surface area contributed by atoms with Crippen molar-refractivity contribution in [2.75, 3.05) is 26.2 Å². The van der Waals surface area contributed by atoms with Gasteiger partial charge in [-0.3, -0.25) is 9.69 Å². The molecular formula is C22H29N3O. The number of carbonyl (C=O) groups is 1. The molecule has 0 aromatic heterocycles. The van der Waals surface area contributed by atoms with Gasteiger partial charge in [0.05, 0.1) is 12.1 Å². The van der Waals surface area contributed by atoms with Crippen LogP contribution in [0.3, 0.4) is 0 Å². The first kappa shape index (κ1) is 18.6. The Morgan fingerprint density at radius 3 is 1.73 bits per heavy atom. The summed E-state index contributed by atoms with van der Waals surface area (Å²) >= 11 is 0. The van der Waals surface area contributed by atoms with Crippen molar-refractivity contribution in [3.63, 3.8) is 0 Å². The lowest BCUT2D eigenvalue weighted by atomic mass is 9.96. The smallest absolute Gasteiger partial charge is 0.239 e. The van der Waals surface area contributed by atoms with Gasteiger partial charge in [-0.2, -0.15) is 0 Å². The van der Waals surface area contributed by atoms with Crippen LogP contribution in [0, 0.1) is 5.92 Å². The van der Waals surface area contributed by atoms with E-state index in [4.69, 9.17) is 5.73 Å². The van der Waals surface area contributed by atoms with E-state index in [-0.39, 0.29) is 17.9 Å². The highest BCUT2D eigenvalue weighted by molar-refractivity contribution is 5.82. The molecule has 0 radical (unpaired) electrons. The second kappa shape index (κ2) is 8.47. The number of nitrogens with zero attached hydrogens (tertiary/aromatic N) is 2. The van der Waals surface area contributed by atoms with Gasteiger partial charge in [0.25, 0.3) is 0 Å². The van der Waals surface area contributed by atoms with Gasteiger partial charge in [0, 0.05) is 26.2 Å². The zero-order valence-electron chi connectivity index (χ0n) is 15.7. The molecule has 0 saturated carbocycles. The van der Waals surface area contributed by atoms with Crippen LogP contribution in [-0.4, -0.2) is 47.9 Å². The number of carbonyl (C=O) groups excluding carboxylic acids is 1. The highest BCUT2D eigenvalue weighted by Gasteiger charge is 2.30. The van der Waals surface area contributed by atoms with Crippen molar-refractivity contribution >= 4 is 5.91 Å². The van der Waals surface area contributed by atoms with Gasteiger partial charge in [0.15, 0.2) is 0 Å². The van der Waals surface area contributed by atoms with Gasteiger partial charge < -0.3 is 10.6 Å². The second-order valence-corrected chi connectivity index (χ2v) is 7.35. The first-order valence-electron chi connectivity index (χ1n) is 9.46. The van der Waals surface area contributed by atoms with E-state index in [1.54, 1.807) is 0 Å². The van der Waals surface area contributed by atoms with Crippen LogP contribution in [0.5, 0.6) is 0 Å². The van der Waals surface area contributed by atoms with Crippen LogP contribution in [0.15, 0.2) is 60.7 Å². The summed E-state index contributed by atoms with van der Waals surface area (Å²) in [6, 6.07) is 21.0. The molecule has 0 bridgehead atoms. The molecule has 4 nitrogen and oxygen atoms in total. The third-order valence-electron chi connectivity index (χ3n) is 5.23. The minimum atomic E-state index is -0.402. The zero-order valence-corrected chi connectivity index (χ0v) is 15.7. The Labute approximate surface area is 156 Å². The lowest BCUT2D eigenvalue weighted by molar-refractivity contribution is -0.135. The van der Waals surface area contributed by atoms with E-state index in [1.807, 2.05) is 18.7 Å². The fraction of sp³-hybridized carbons (Fsp3) is 0.409. The molecule has 0 spiro atoms. The standard InChI is InChI=1S/C22H29N3O/c1-17(2)20(23)22(26)25-15-13-24(14-16-25)21(18-9-5-3-6-10-18)19-11-7-4-8-12-19/h3-12,17,20-21H,13-16,23H2,1-2H3/t20-/m1/s1. The Bertz CT molecular complexity index is 654. The molecule has 2 aromatic rings. The first-order valence-corrected chi connectivity index (χ1v) is 9.46. The summed E-state index contributed by atoms with van der Waals surface area (Å²) in [5, 5.41) is 0. The quantitative estimate of drug-likeness (QED) is 0.901. The van der Waals surface area contributed by atoms with Crippen LogP contribution >= 0.6 is 0 Å². The summed E-state index contributed by atoms with van der Waals surface area (Å²) in [7, 11) is 0. The summed E-state index contributed by atoms with van der Waals surface area (Å²) in [4.78, 5) is 16.9. The number of hydrogen-bond donors (Lipinski definition) is 1. The number of hydrogen-bond acceptors (Lipinski definition) is 3. The molecule has 0 unspecified atom stereocenters. The Kier molecular flexibility index (Phi) is 6.07. The van der Waals surface area contributed by atoms with E-state index in [2.05, 4.69) is 65.6 Å². The molecule has 1 heterocycles. The highest BCUT2D eigenvalue weighted by Crippen LogP contribution is 2.29. The largest absolute Gasteiger partial charge is 0.339 e. The highest BCUT2D eigenvalue weighted by atomic mass is 16.2. The number of rotatable bonds is 5. The average molecular weight is 351 g/mol. The minimum Gasteiger partial charge on any atom is -0.339 e. The molecule has 1 saturated heterocycles. The molecule has 3 rings (SSSR count). The van der Waals surface area contributed by atoms with Crippen molar-refractivity contribution in [2.24, 2.45) is 11.7 Å². The van der Waals surface area contributed by atoms with Crippen molar-refractivity contribution in [3.05, 3.63) is 71.8 Å². The molecule has 0 aliphatic carbocycles. The van der Waals surface area contributed by atoms with Gasteiger partial charge in [0.1, 0.15) is 0 Å². The normalized spacial score (nSPS) is 16.9. The topological polar surface area (TPSA) is 49.6 Å². The van der Waals surface area contributed by atoms with E-state index >= 15 is 0 Å². The molecule has 1 aliphatic rings. The Balaban J connectivity index is 1.75. The van der Waals surface area contributed by atoms with Crippen molar-refractivity contribution in [1.29, 1.82) is 0 Å². The maximum Gasteiger partial charge on any atom is 0.239 e. The first-order chi connectivity index (χ1) is 12.6. The third-order valence-corrected chi connectivity index (χ3v) is 5.23. The van der Waals surface area contributed by atoms with E-state index in [9.17, 15) is 4.79 Å². The van der Waals surface area contributed by atoms with Crippen LogP contribution in [0.2, 0.25) is 0 Å². The van der Waals surface area contributed by atoms with Gasteiger partial charge >= 0.3 is 0 Å². The zero-order chi connectivity index (χ0) is 18.5. The SMILES string of the molecule is CC(C)[C@@H](N)C(=O)N1CCN(C(c2ccccc2)c2ccccc2)CC1. The number of amides is 1. The Hall–Kier alpha value is -2.17. The number of benzene rings is 2. The molecule has 2 aromatic carbocycles. The summed E-state index contributed by atoms with van der Waals surface area (Å²) in [5.74, 6) is 0.248. The average Bonchev–Trinajstić information content (AvgIpc) is 2.69. The minimum absolute atomic E-state index is 0.0793. The lowest BCUT2D eigenvalue weighted by Crippen LogP contribution is -2.54. The van der Waals surface area contributed by atoms with Crippen molar-refractivity contribution in [1.82, 2.24) is 9.80 Å². The van der Waals surface area contributed by atoms with E-state index < -0.39 is 6.04 Å². The molecule has 1 amide bonds. The van der Waals surface area contributed by atoms with Crippen LogP contribution in [0.25, 0.3) is 0 Å². The van der Waals surface area contributed by atoms with Crippen molar-refractivity contribution < 1.29 is 4.79 Å². The summed E-state index contributed by atoms with van der Waals surface area (Å²) in [6.07, 6.45) is 0. The number of piperazine rings is 1. The molecule has 26 heavy (non-hydrogen) atoms. The molecule has 4 heteroatoms. The van der Waals surface area contributed by atoms with Crippen LogP contribution in [0.1, 0.15) is 31.0 Å².